The average molecular weight is 601 g/mol. The van der Waals surface area contributed by atoms with Gasteiger partial charge in [-0.2, -0.15) is 4.98 Å². The van der Waals surface area contributed by atoms with Crippen molar-refractivity contribution in [2.45, 2.75) is 19.4 Å². The number of halogens is 1. The van der Waals surface area contributed by atoms with Gasteiger partial charge < -0.3 is 48.5 Å². The smallest absolute Gasteiger partial charge is 0.790 e. The van der Waals surface area contributed by atoms with E-state index < -0.39 is 31.9 Å². The number of hydrogen-bond donors (Lipinski definition) is 2. The van der Waals surface area contributed by atoms with E-state index in [1.165, 1.54) is 47.3 Å². The van der Waals surface area contributed by atoms with Gasteiger partial charge in [0.2, 0.25) is 11.7 Å². The number of nitrogens with one attached hydrogen (secondary N) is 2. The Bertz CT molecular complexity index is 1470. The average Bonchev–Trinajstić information content (AvgIpc) is 2.89. The van der Waals surface area contributed by atoms with Gasteiger partial charge in [0.1, 0.15) is 12.5 Å². The number of nitrogens with zero attached hydrogens (tertiary/aromatic N) is 4. The molecule has 18 heteroatoms. The minimum atomic E-state index is -5.41. The Morgan fingerprint density at radius 3 is 2.32 bits per heavy atom. The number of phosphoric ester groups is 1. The number of carbonyl (C=O) groups excluding carboxylic acids is 1. The molecule has 1 aliphatic rings. The summed E-state index contributed by atoms with van der Waals surface area (Å²) < 4.78 is 51.6. The number of methoxy groups -OCH3 is 3. The number of benzene rings is 1. The summed E-state index contributed by atoms with van der Waals surface area (Å²) in [6.07, 6.45) is 0.920. The van der Waals surface area contributed by atoms with Crippen LogP contribution in [0.1, 0.15) is 13.8 Å². The van der Waals surface area contributed by atoms with E-state index in [1.54, 1.807) is 12.1 Å². The van der Waals surface area contributed by atoms with Gasteiger partial charge in [0.25, 0.3) is 5.91 Å². The molecule has 0 fully saturated rings. The van der Waals surface area contributed by atoms with Gasteiger partial charge >= 0.3 is 29.6 Å². The standard InChI is InChI=1S/C23H26FN6O9P.Na/c1-23(2)21(31)30(11-38-40(32,33)34)20-14(39-23)6-7-17(28-20)27-19-13(24)10-25-22(29-19)26-12-8-15(35-3)18(37-5)16(9-12)36-4;/h6-10H,11H2,1-5H3,(H2,32,33,34)(H2,25,26,27,28,29);/q;+1/p-2. The number of hydrogen-bond acceptors (Lipinski definition) is 14. The van der Waals surface area contributed by atoms with Crippen LogP contribution in [0.5, 0.6) is 23.0 Å². The van der Waals surface area contributed by atoms with Gasteiger partial charge in [0.05, 0.1) is 35.3 Å². The molecule has 214 valence electrons. The van der Waals surface area contributed by atoms with E-state index in [4.69, 9.17) is 18.9 Å². The van der Waals surface area contributed by atoms with E-state index in [0.29, 0.717) is 22.9 Å². The second kappa shape index (κ2) is 12.7. The van der Waals surface area contributed by atoms with Crippen LogP contribution in [0.4, 0.5) is 33.5 Å². The van der Waals surface area contributed by atoms with E-state index in [0.717, 1.165) is 11.1 Å². The Morgan fingerprint density at radius 1 is 1.07 bits per heavy atom. The van der Waals surface area contributed by atoms with Crippen molar-refractivity contribution in [2.24, 2.45) is 0 Å². The number of ether oxygens (including phenoxy) is 4. The van der Waals surface area contributed by atoms with Crippen LogP contribution in [0.3, 0.4) is 0 Å². The minimum Gasteiger partial charge on any atom is -0.790 e. The van der Waals surface area contributed by atoms with Crippen LogP contribution in [-0.4, -0.2) is 54.5 Å². The summed E-state index contributed by atoms with van der Waals surface area (Å²) in [5.74, 6) is -0.806. The summed E-state index contributed by atoms with van der Waals surface area (Å²) >= 11 is 0. The Labute approximate surface area is 255 Å². The summed E-state index contributed by atoms with van der Waals surface area (Å²) in [5.41, 5.74) is -0.962. The fraction of sp³-hybridized carbons (Fsp3) is 0.304. The number of amides is 1. The van der Waals surface area contributed by atoms with Crippen molar-refractivity contribution < 1.29 is 76.6 Å². The number of pyridine rings is 1. The first-order valence-electron chi connectivity index (χ1n) is 11.4. The van der Waals surface area contributed by atoms with Crippen molar-refractivity contribution in [1.29, 1.82) is 0 Å². The maximum absolute atomic E-state index is 14.7. The van der Waals surface area contributed by atoms with E-state index in [9.17, 15) is 23.5 Å². The molecule has 0 saturated heterocycles. The fourth-order valence-electron chi connectivity index (χ4n) is 3.68. The Morgan fingerprint density at radius 2 is 1.73 bits per heavy atom. The van der Waals surface area contributed by atoms with Gasteiger partial charge in [0, 0.05) is 17.8 Å². The summed E-state index contributed by atoms with van der Waals surface area (Å²) in [6.45, 7) is 1.97. The van der Waals surface area contributed by atoms with E-state index in [1.807, 2.05) is 0 Å². The molecule has 15 nitrogen and oxygen atoms in total. The molecule has 2 aromatic heterocycles. The monoisotopic (exact) mass is 601 g/mol. The number of fused-ring (bicyclic) bond motifs is 1. The molecule has 4 rings (SSSR count). The van der Waals surface area contributed by atoms with Gasteiger partial charge in [-0.3, -0.25) is 9.69 Å². The zero-order chi connectivity index (χ0) is 29.2. The number of phosphoric acid groups is 1. The fourth-order valence-corrected chi connectivity index (χ4v) is 3.94. The van der Waals surface area contributed by atoms with Gasteiger partial charge in [-0.1, -0.05) is 0 Å². The predicted octanol–water partition coefficient (Wildman–Crippen LogP) is -1.17. The van der Waals surface area contributed by atoms with E-state index in [-0.39, 0.29) is 58.7 Å². The quantitative estimate of drug-likeness (QED) is 0.209. The van der Waals surface area contributed by atoms with Crippen LogP contribution in [0, 0.1) is 5.82 Å². The summed E-state index contributed by atoms with van der Waals surface area (Å²) in [5, 5.41) is 5.60. The van der Waals surface area contributed by atoms with Crippen molar-refractivity contribution in [3.8, 4) is 23.0 Å². The third kappa shape index (κ3) is 7.35. The molecule has 0 atom stereocenters. The van der Waals surface area contributed by atoms with Crippen molar-refractivity contribution >= 4 is 42.8 Å². The minimum absolute atomic E-state index is 0. The largest absolute Gasteiger partial charge is 1.00 e. The van der Waals surface area contributed by atoms with Crippen molar-refractivity contribution in [1.82, 2.24) is 15.0 Å². The topological polar surface area (TPSA) is 192 Å². The SMILES string of the molecule is COc1cc(Nc2ncc(F)c(Nc3ccc4c(n3)N(COP(=O)([O-])[O-])C(=O)C(C)(C)O4)n2)cc(OC)c1OC.[Na+]. The van der Waals surface area contributed by atoms with Gasteiger partial charge in [-0.25, -0.2) is 14.4 Å². The Hall–Kier alpha value is -3.24. The molecule has 0 saturated carbocycles. The molecular formula is C23H24FN6NaO9P-. The Balaban J connectivity index is 0.00000462. The zero-order valence-corrected chi connectivity index (χ0v) is 25.8. The summed E-state index contributed by atoms with van der Waals surface area (Å²) in [4.78, 5) is 48.1. The zero-order valence-electron chi connectivity index (χ0n) is 22.9. The molecule has 1 aromatic carbocycles. The molecule has 2 N–H and O–H groups in total. The van der Waals surface area contributed by atoms with Gasteiger partial charge in [0.15, 0.2) is 40.3 Å². The molecule has 0 aliphatic carbocycles. The maximum Gasteiger partial charge on any atom is 1.00 e. The van der Waals surface area contributed by atoms with Crippen LogP contribution in [-0.2, 0) is 13.9 Å². The van der Waals surface area contributed by atoms with Crippen LogP contribution >= 0.6 is 7.82 Å². The molecule has 0 spiro atoms. The molecule has 3 aromatic rings. The molecule has 3 heterocycles. The molecule has 41 heavy (non-hydrogen) atoms. The molecule has 0 radical (unpaired) electrons. The first-order valence-corrected chi connectivity index (χ1v) is 12.9. The summed E-state index contributed by atoms with van der Waals surface area (Å²) in [6, 6.07) is 6.05. The first kappa shape index (κ1) is 32.3. The molecular weight excluding hydrogens is 577 g/mol. The number of anilines is 5. The maximum atomic E-state index is 14.7. The van der Waals surface area contributed by atoms with E-state index in [2.05, 4.69) is 30.1 Å². The summed E-state index contributed by atoms with van der Waals surface area (Å²) in [7, 11) is -1.04. The van der Waals surface area contributed by atoms with Crippen molar-refractivity contribution in [2.75, 3.05) is 43.6 Å². The second-order valence-corrected chi connectivity index (χ2v) is 9.78. The number of aromatic nitrogens is 3. The van der Waals surface area contributed by atoms with Gasteiger partial charge in [-0.05, 0) is 26.0 Å². The second-order valence-electron chi connectivity index (χ2n) is 8.62. The van der Waals surface area contributed by atoms with Crippen LogP contribution in [0.15, 0.2) is 30.5 Å². The first-order chi connectivity index (χ1) is 18.8. The Kier molecular flexibility index (Phi) is 10.0. The number of rotatable bonds is 10. The van der Waals surface area contributed by atoms with Crippen molar-refractivity contribution in [3.05, 3.63) is 36.3 Å². The molecule has 0 unspecified atom stereocenters. The molecule has 1 amide bonds. The third-order valence-electron chi connectivity index (χ3n) is 5.48. The van der Waals surface area contributed by atoms with Crippen LogP contribution < -0.4 is 73.8 Å². The van der Waals surface area contributed by atoms with Crippen LogP contribution in [0.2, 0.25) is 0 Å². The normalized spacial score (nSPS) is 13.9. The third-order valence-corrected chi connectivity index (χ3v) is 5.91. The molecule has 1 aliphatic heterocycles. The van der Waals surface area contributed by atoms with Gasteiger partial charge in [-0.15, -0.1) is 0 Å². The number of carbonyl (C=O) groups is 1. The van der Waals surface area contributed by atoms with Crippen molar-refractivity contribution in [3.63, 3.8) is 0 Å². The van der Waals surface area contributed by atoms with Crippen LogP contribution in [0.25, 0.3) is 0 Å². The molecule has 0 bridgehead atoms. The van der Waals surface area contributed by atoms with E-state index >= 15 is 0 Å². The predicted molar refractivity (Wildman–Crippen MR) is 135 cm³/mol.